The van der Waals surface area contributed by atoms with Gasteiger partial charge in [0.2, 0.25) is 0 Å². The summed E-state index contributed by atoms with van der Waals surface area (Å²) in [4.78, 5) is 4.77. The Labute approximate surface area is 422 Å². The Morgan fingerprint density at radius 3 is 0.903 bits per heavy atom. The molecular formula is C70H50N2. The molecule has 0 saturated carbocycles. The lowest BCUT2D eigenvalue weighted by Gasteiger charge is -2.28. The van der Waals surface area contributed by atoms with E-state index in [1.165, 1.54) is 66.4 Å². The van der Waals surface area contributed by atoms with Crippen molar-refractivity contribution in [3.05, 3.63) is 303 Å². The Kier molecular flexibility index (Phi) is 12.1. The van der Waals surface area contributed by atoms with Gasteiger partial charge in [-0.15, -0.1) is 0 Å². The molecule has 0 amide bonds. The topological polar surface area (TPSA) is 6.48 Å². The molecule has 340 valence electrons. The van der Waals surface area contributed by atoms with Gasteiger partial charge < -0.3 is 9.80 Å². The van der Waals surface area contributed by atoms with Gasteiger partial charge in [0.25, 0.3) is 0 Å². The second-order valence-electron chi connectivity index (χ2n) is 18.2. The molecule has 0 radical (unpaired) electrons. The number of nitrogens with zero attached hydrogens (tertiary/aromatic N) is 2. The van der Waals surface area contributed by atoms with E-state index in [0.29, 0.717) is 0 Å². The predicted octanol–water partition coefficient (Wildman–Crippen LogP) is 19.8. The van der Waals surface area contributed by atoms with E-state index in [0.717, 1.165) is 45.3 Å². The molecule has 0 spiro atoms. The van der Waals surface area contributed by atoms with E-state index in [4.69, 9.17) is 0 Å². The summed E-state index contributed by atoms with van der Waals surface area (Å²) in [7, 11) is 0. The standard InChI is InChI=1S/C70H50N2/c1-5-17-51(18-6-1)55-31-39-64(40-32-55)71(66-43-37-58(38-44-66)61-28-15-27-60(47-61)52-19-7-2-8-20-52)65-41-33-56(34-42-65)57-35-45-67(46-36-57)72(70-30-16-26-59-25-13-14-29-69(59)70)68-49-62(53-21-9-3-10-22-53)48-63(50-68)54-23-11-4-12-24-54/h1-50H. The van der Waals surface area contributed by atoms with Gasteiger partial charge in [0.15, 0.2) is 0 Å². The summed E-state index contributed by atoms with van der Waals surface area (Å²) < 4.78 is 0. The van der Waals surface area contributed by atoms with Gasteiger partial charge in [-0.25, -0.2) is 0 Å². The van der Waals surface area contributed by atoms with E-state index in [9.17, 15) is 0 Å². The summed E-state index contributed by atoms with van der Waals surface area (Å²) in [6.07, 6.45) is 0. The summed E-state index contributed by atoms with van der Waals surface area (Å²) in [6, 6.07) is 109. The highest BCUT2D eigenvalue weighted by molar-refractivity contribution is 6.00. The zero-order valence-corrected chi connectivity index (χ0v) is 39.8. The molecule has 12 rings (SSSR count). The molecule has 0 fully saturated rings. The van der Waals surface area contributed by atoms with Crippen LogP contribution in [0.2, 0.25) is 0 Å². The van der Waals surface area contributed by atoms with Crippen LogP contribution in [0.25, 0.3) is 77.5 Å². The summed E-state index contributed by atoms with van der Waals surface area (Å²) >= 11 is 0. The third kappa shape index (κ3) is 9.09. The number of fused-ring (bicyclic) bond motifs is 1. The van der Waals surface area contributed by atoms with Crippen molar-refractivity contribution in [2.24, 2.45) is 0 Å². The van der Waals surface area contributed by atoms with Crippen molar-refractivity contribution in [3.8, 4) is 66.8 Å². The maximum Gasteiger partial charge on any atom is 0.0540 e. The van der Waals surface area contributed by atoms with E-state index in [2.05, 4.69) is 313 Å². The zero-order chi connectivity index (χ0) is 48.1. The Balaban J connectivity index is 0.902. The van der Waals surface area contributed by atoms with Gasteiger partial charge >= 0.3 is 0 Å². The first-order chi connectivity index (χ1) is 35.7. The smallest absolute Gasteiger partial charge is 0.0540 e. The van der Waals surface area contributed by atoms with E-state index in [1.54, 1.807) is 0 Å². The molecule has 0 unspecified atom stereocenters. The number of benzene rings is 12. The molecule has 2 nitrogen and oxygen atoms in total. The van der Waals surface area contributed by atoms with Crippen molar-refractivity contribution in [2.45, 2.75) is 0 Å². The van der Waals surface area contributed by atoms with Crippen LogP contribution in [0.1, 0.15) is 0 Å². The SMILES string of the molecule is c1ccc(-c2ccc(N(c3ccc(-c4ccc(N(c5cc(-c6ccccc6)cc(-c6ccccc6)c5)c5cccc6ccccc56)cc4)cc3)c3ccc(-c4cccc(-c5ccccc5)c4)cc3)cc2)cc1. The van der Waals surface area contributed by atoms with Crippen molar-refractivity contribution in [1.82, 2.24) is 0 Å². The fraction of sp³-hybridized carbons (Fsp3) is 0. The van der Waals surface area contributed by atoms with Crippen molar-refractivity contribution < 1.29 is 0 Å². The number of hydrogen-bond acceptors (Lipinski definition) is 2. The van der Waals surface area contributed by atoms with Crippen LogP contribution in [0.15, 0.2) is 303 Å². The lowest BCUT2D eigenvalue weighted by Crippen LogP contribution is -2.11. The van der Waals surface area contributed by atoms with Crippen LogP contribution >= 0.6 is 0 Å². The zero-order valence-electron chi connectivity index (χ0n) is 39.8. The molecule has 0 heterocycles. The third-order valence-corrected chi connectivity index (χ3v) is 13.6. The number of hydrogen-bond donors (Lipinski definition) is 0. The molecular weight excluding hydrogens is 869 g/mol. The summed E-state index contributed by atoms with van der Waals surface area (Å²) in [6.45, 7) is 0. The Morgan fingerprint density at radius 1 is 0.167 bits per heavy atom. The predicted molar refractivity (Wildman–Crippen MR) is 306 cm³/mol. The molecule has 0 aliphatic carbocycles. The Bertz CT molecular complexity index is 3680. The second-order valence-corrected chi connectivity index (χ2v) is 18.2. The Hall–Kier alpha value is -9.50. The van der Waals surface area contributed by atoms with Crippen molar-refractivity contribution in [2.75, 3.05) is 9.80 Å². The van der Waals surface area contributed by atoms with E-state index in [-0.39, 0.29) is 0 Å². The van der Waals surface area contributed by atoms with E-state index < -0.39 is 0 Å². The monoisotopic (exact) mass is 918 g/mol. The summed E-state index contributed by atoms with van der Waals surface area (Å²) in [5, 5.41) is 2.39. The molecule has 2 heteroatoms. The normalized spacial score (nSPS) is 11.1. The molecule has 12 aromatic carbocycles. The summed E-state index contributed by atoms with van der Waals surface area (Å²) in [5.74, 6) is 0. The first kappa shape index (κ1) is 43.8. The van der Waals surface area contributed by atoms with Crippen LogP contribution in [-0.2, 0) is 0 Å². The lowest BCUT2D eigenvalue weighted by atomic mass is 9.96. The van der Waals surface area contributed by atoms with Crippen LogP contribution < -0.4 is 9.80 Å². The van der Waals surface area contributed by atoms with Crippen LogP contribution in [0.4, 0.5) is 34.1 Å². The number of anilines is 6. The van der Waals surface area contributed by atoms with Crippen molar-refractivity contribution in [3.63, 3.8) is 0 Å². The van der Waals surface area contributed by atoms with E-state index in [1.807, 2.05) is 0 Å². The molecule has 0 aliphatic rings. The molecule has 12 aromatic rings. The minimum atomic E-state index is 1.08. The third-order valence-electron chi connectivity index (χ3n) is 13.6. The van der Waals surface area contributed by atoms with Gasteiger partial charge in [-0.3, -0.25) is 0 Å². The maximum atomic E-state index is 2.42. The fourth-order valence-corrected chi connectivity index (χ4v) is 9.96. The quantitative estimate of drug-likeness (QED) is 0.120. The van der Waals surface area contributed by atoms with Crippen LogP contribution in [0, 0.1) is 0 Å². The first-order valence-corrected chi connectivity index (χ1v) is 24.6. The minimum Gasteiger partial charge on any atom is -0.311 e. The second kappa shape index (κ2) is 19.8. The fourth-order valence-electron chi connectivity index (χ4n) is 9.96. The number of rotatable bonds is 12. The van der Waals surface area contributed by atoms with Gasteiger partial charge in [-0.1, -0.05) is 224 Å². The van der Waals surface area contributed by atoms with Crippen molar-refractivity contribution >= 4 is 44.9 Å². The van der Waals surface area contributed by atoms with Crippen molar-refractivity contribution in [1.29, 1.82) is 0 Å². The largest absolute Gasteiger partial charge is 0.311 e. The highest BCUT2D eigenvalue weighted by atomic mass is 15.1. The van der Waals surface area contributed by atoms with Gasteiger partial charge in [0, 0.05) is 33.8 Å². The molecule has 0 atom stereocenters. The molecule has 0 bridgehead atoms. The molecule has 0 saturated heterocycles. The highest BCUT2D eigenvalue weighted by Gasteiger charge is 2.19. The average molecular weight is 919 g/mol. The molecule has 0 aromatic heterocycles. The molecule has 0 N–H and O–H groups in total. The molecule has 0 aliphatic heterocycles. The highest BCUT2D eigenvalue weighted by Crippen LogP contribution is 2.44. The van der Waals surface area contributed by atoms with E-state index >= 15 is 0 Å². The summed E-state index contributed by atoms with van der Waals surface area (Å²) in [5.41, 5.74) is 20.7. The van der Waals surface area contributed by atoms with Gasteiger partial charge in [-0.2, -0.15) is 0 Å². The maximum absolute atomic E-state index is 2.42. The lowest BCUT2D eigenvalue weighted by molar-refractivity contribution is 1.28. The minimum absolute atomic E-state index is 1.08. The van der Waals surface area contributed by atoms with Crippen LogP contribution in [0.3, 0.4) is 0 Å². The Morgan fingerprint density at radius 2 is 0.458 bits per heavy atom. The average Bonchev–Trinajstić information content (AvgIpc) is 3.47. The first-order valence-electron chi connectivity index (χ1n) is 24.6. The van der Waals surface area contributed by atoms with Gasteiger partial charge in [-0.05, 0) is 151 Å². The van der Waals surface area contributed by atoms with Gasteiger partial charge in [0.1, 0.15) is 0 Å². The molecule has 72 heavy (non-hydrogen) atoms. The van der Waals surface area contributed by atoms with Crippen LogP contribution in [-0.4, -0.2) is 0 Å². The van der Waals surface area contributed by atoms with Crippen LogP contribution in [0.5, 0.6) is 0 Å². The van der Waals surface area contributed by atoms with Gasteiger partial charge in [0.05, 0.1) is 5.69 Å².